The third-order valence-corrected chi connectivity index (χ3v) is 6.29. The van der Waals surface area contributed by atoms with Crippen LogP contribution in [0.25, 0.3) is 16.3 Å². The van der Waals surface area contributed by atoms with Crippen LogP contribution in [0.1, 0.15) is 16.7 Å². The molecule has 0 spiro atoms. The first-order valence-corrected chi connectivity index (χ1v) is 11.0. The smallest absolute Gasteiger partial charge is 0.282 e. The van der Waals surface area contributed by atoms with Crippen LogP contribution in [-0.2, 0) is 9.59 Å². The lowest BCUT2D eigenvalue weighted by Gasteiger charge is -2.16. The number of carbonyl (C=O) groups excluding carboxylic acids is 2. The molecule has 0 radical (unpaired) electrons. The molecule has 0 bridgehead atoms. The molecule has 0 aliphatic carbocycles. The molecule has 1 heterocycles. The molecule has 1 aliphatic rings. The summed E-state index contributed by atoms with van der Waals surface area (Å²) in [6, 6.07) is 26.6. The van der Waals surface area contributed by atoms with Crippen molar-refractivity contribution >= 4 is 51.1 Å². The Morgan fingerprint density at radius 3 is 2.27 bits per heavy atom. The molecule has 0 saturated heterocycles. The van der Waals surface area contributed by atoms with Crippen LogP contribution in [0.5, 0.6) is 0 Å². The normalized spacial score (nSPS) is 13.8. The minimum Gasteiger partial charge on any atom is -0.350 e. The van der Waals surface area contributed by atoms with Crippen molar-refractivity contribution < 1.29 is 9.59 Å². The van der Waals surface area contributed by atoms with Gasteiger partial charge in [-0.05, 0) is 48.6 Å². The van der Waals surface area contributed by atoms with Gasteiger partial charge in [-0.3, -0.25) is 9.59 Å². The molecule has 5 heteroatoms. The number of rotatable bonds is 4. The first kappa shape index (κ1) is 21.0. The van der Waals surface area contributed by atoms with Gasteiger partial charge in [0, 0.05) is 16.1 Å². The Bertz CT molecular complexity index is 1450. The fraction of sp³-hybridized carbons (Fsp3) is 0.0714. The molecule has 4 aromatic carbocycles. The summed E-state index contributed by atoms with van der Waals surface area (Å²) >= 11 is 6.31. The lowest BCUT2D eigenvalue weighted by molar-refractivity contribution is -0.120. The summed E-state index contributed by atoms with van der Waals surface area (Å²) < 4.78 is 0. The summed E-state index contributed by atoms with van der Waals surface area (Å²) in [5.41, 5.74) is 4.42. The van der Waals surface area contributed by atoms with Crippen LogP contribution in [0.3, 0.4) is 0 Å². The molecule has 0 fully saturated rings. The van der Waals surface area contributed by atoms with Crippen molar-refractivity contribution in [3.05, 3.63) is 112 Å². The third-order valence-electron chi connectivity index (χ3n) is 5.89. The van der Waals surface area contributed by atoms with Crippen molar-refractivity contribution in [1.82, 2.24) is 0 Å². The molecule has 0 aromatic heterocycles. The highest BCUT2D eigenvalue weighted by molar-refractivity contribution is 6.46. The lowest BCUT2D eigenvalue weighted by Crippen LogP contribution is -2.32. The predicted molar refractivity (Wildman–Crippen MR) is 134 cm³/mol. The zero-order valence-electron chi connectivity index (χ0n) is 18.2. The Morgan fingerprint density at radius 1 is 0.788 bits per heavy atom. The molecule has 0 saturated carbocycles. The summed E-state index contributed by atoms with van der Waals surface area (Å²) in [4.78, 5) is 28.5. The largest absolute Gasteiger partial charge is 0.350 e. The van der Waals surface area contributed by atoms with E-state index in [0.717, 1.165) is 27.6 Å². The van der Waals surface area contributed by atoms with Gasteiger partial charge in [0.2, 0.25) is 0 Å². The lowest BCUT2D eigenvalue weighted by atomic mass is 10.0. The Labute approximate surface area is 197 Å². The van der Waals surface area contributed by atoms with Gasteiger partial charge in [-0.25, -0.2) is 4.90 Å². The molecule has 4 nitrogen and oxygen atoms in total. The van der Waals surface area contributed by atoms with E-state index in [1.807, 2.05) is 80.6 Å². The van der Waals surface area contributed by atoms with E-state index in [1.165, 1.54) is 4.90 Å². The fourth-order valence-corrected chi connectivity index (χ4v) is 4.23. The van der Waals surface area contributed by atoms with Gasteiger partial charge >= 0.3 is 0 Å². The maximum absolute atomic E-state index is 13.6. The molecule has 0 atom stereocenters. The number of hydrogen-bond acceptors (Lipinski definition) is 3. The van der Waals surface area contributed by atoms with E-state index in [1.54, 1.807) is 18.2 Å². The number of nitrogens with one attached hydrogen (secondary N) is 1. The van der Waals surface area contributed by atoms with Crippen LogP contribution in [0.15, 0.2) is 90.6 Å². The Kier molecular flexibility index (Phi) is 5.23. The highest BCUT2D eigenvalue weighted by Gasteiger charge is 2.40. The molecule has 1 aliphatic heterocycles. The highest BCUT2D eigenvalue weighted by atomic mass is 35.5. The summed E-state index contributed by atoms with van der Waals surface area (Å²) in [6.07, 6.45) is 0. The molecular weight excluding hydrogens is 432 g/mol. The van der Waals surface area contributed by atoms with E-state index in [-0.39, 0.29) is 11.6 Å². The molecular formula is C28H21ClN2O2. The minimum atomic E-state index is -0.413. The monoisotopic (exact) mass is 452 g/mol. The Balaban J connectivity index is 1.66. The Hall–Kier alpha value is -3.89. The van der Waals surface area contributed by atoms with Crippen molar-refractivity contribution in [3.8, 4) is 0 Å². The summed E-state index contributed by atoms with van der Waals surface area (Å²) in [5, 5.41) is 5.79. The number of carbonyl (C=O) groups is 2. The summed E-state index contributed by atoms with van der Waals surface area (Å²) in [6.45, 7) is 3.86. The molecule has 4 aromatic rings. The van der Waals surface area contributed by atoms with Crippen LogP contribution in [0.2, 0.25) is 5.02 Å². The number of anilines is 2. The van der Waals surface area contributed by atoms with Gasteiger partial charge in [0.05, 0.1) is 11.3 Å². The van der Waals surface area contributed by atoms with Crippen LogP contribution in [0.4, 0.5) is 11.4 Å². The second-order valence-corrected chi connectivity index (χ2v) is 8.55. The van der Waals surface area contributed by atoms with Crippen molar-refractivity contribution in [2.24, 2.45) is 0 Å². The van der Waals surface area contributed by atoms with Crippen LogP contribution >= 0.6 is 11.6 Å². The van der Waals surface area contributed by atoms with Crippen LogP contribution in [0, 0.1) is 13.8 Å². The number of imide groups is 1. The number of fused-ring (bicyclic) bond motifs is 1. The summed E-state index contributed by atoms with van der Waals surface area (Å²) in [7, 11) is 0. The Morgan fingerprint density at radius 2 is 1.52 bits per heavy atom. The minimum absolute atomic E-state index is 0.247. The fourth-order valence-electron chi connectivity index (χ4n) is 4.06. The van der Waals surface area contributed by atoms with E-state index in [9.17, 15) is 9.59 Å². The third kappa shape index (κ3) is 3.69. The molecule has 33 heavy (non-hydrogen) atoms. The number of nitrogens with zero attached hydrogens (tertiary/aromatic N) is 1. The first-order valence-electron chi connectivity index (χ1n) is 10.6. The van der Waals surface area contributed by atoms with E-state index >= 15 is 0 Å². The van der Waals surface area contributed by atoms with Crippen molar-refractivity contribution in [2.75, 3.05) is 10.2 Å². The topological polar surface area (TPSA) is 49.4 Å². The average molecular weight is 453 g/mol. The quantitative estimate of drug-likeness (QED) is 0.359. The van der Waals surface area contributed by atoms with Gasteiger partial charge in [-0.1, -0.05) is 83.9 Å². The highest BCUT2D eigenvalue weighted by Crippen LogP contribution is 2.36. The molecule has 5 rings (SSSR count). The van der Waals surface area contributed by atoms with E-state index < -0.39 is 5.91 Å². The second-order valence-electron chi connectivity index (χ2n) is 8.15. The van der Waals surface area contributed by atoms with Gasteiger partial charge in [-0.15, -0.1) is 0 Å². The number of halogens is 1. The van der Waals surface area contributed by atoms with Gasteiger partial charge < -0.3 is 5.32 Å². The van der Waals surface area contributed by atoms with E-state index in [0.29, 0.717) is 21.8 Å². The van der Waals surface area contributed by atoms with Crippen molar-refractivity contribution in [3.63, 3.8) is 0 Å². The van der Waals surface area contributed by atoms with E-state index in [2.05, 4.69) is 5.32 Å². The predicted octanol–water partition coefficient (Wildman–Crippen LogP) is 6.51. The maximum Gasteiger partial charge on any atom is 0.282 e. The van der Waals surface area contributed by atoms with Gasteiger partial charge in [-0.2, -0.15) is 0 Å². The SMILES string of the molecule is Cc1ccc(C2=C(Nc3cccc4ccccc34)C(=O)N(c3ccc(C)c(Cl)c3)C2=O)cc1. The second kappa shape index (κ2) is 8.23. The van der Waals surface area contributed by atoms with E-state index in [4.69, 9.17) is 11.6 Å². The van der Waals surface area contributed by atoms with Gasteiger partial charge in [0.15, 0.2) is 0 Å². The molecule has 0 unspecified atom stereocenters. The average Bonchev–Trinajstić information content (AvgIpc) is 3.06. The zero-order valence-corrected chi connectivity index (χ0v) is 19.0. The number of benzene rings is 4. The molecule has 2 amide bonds. The van der Waals surface area contributed by atoms with Crippen molar-refractivity contribution in [1.29, 1.82) is 0 Å². The zero-order chi connectivity index (χ0) is 23.1. The molecule has 162 valence electrons. The number of hydrogen-bond donors (Lipinski definition) is 1. The van der Waals surface area contributed by atoms with Crippen LogP contribution < -0.4 is 10.2 Å². The standard InChI is InChI=1S/C28H21ClN2O2/c1-17-10-13-20(14-11-17)25-26(30-24-9-5-7-19-6-3-4-8-22(19)24)28(33)31(27(25)32)21-15-12-18(2)23(29)16-21/h3-16,30H,1-2H3. The van der Waals surface area contributed by atoms with Crippen LogP contribution in [-0.4, -0.2) is 11.8 Å². The number of amides is 2. The molecule has 1 N–H and O–H groups in total. The van der Waals surface area contributed by atoms with Gasteiger partial charge in [0.25, 0.3) is 11.8 Å². The number of aryl methyl sites for hydroxylation is 2. The summed E-state index contributed by atoms with van der Waals surface area (Å²) in [5.74, 6) is -0.796. The van der Waals surface area contributed by atoms with Crippen molar-refractivity contribution in [2.45, 2.75) is 13.8 Å². The first-order chi connectivity index (χ1) is 15.9. The van der Waals surface area contributed by atoms with Gasteiger partial charge in [0.1, 0.15) is 5.70 Å². The maximum atomic E-state index is 13.6.